The van der Waals surface area contributed by atoms with Crippen LogP contribution in [-0.2, 0) is 14.3 Å². The molecule has 0 saturated heterocycles. The summed E-state index contributed by atoms with van der Waals surface area (Å²) in [5, 5.41) is 2.82. The maximum absolute atomic E-state index is 12.6. The first-order valence-electron chi connectivity index (χ1n) is 9.12. The summed E-state index contributed by atoms with van der Waals surface area (Å²) in [6.07, 6.45) is 3.72. The molecule has 2 amide bonds. The normalized spacial score (nSPS) is 14.9. The van der Waals surface area contributed by atoms with Crippen molar-refractivity contribution in [1.29, 1.82) is 0 Å². The van der Waals surface area contributed by atoms with Gasteiger partial charge in [-0.15, -0.1) is 0 Å². The van der Waals surface area contributed by atoms with Crippen molar-refractivity contribution in [2.24, 2.45) is 0 Å². The van der Waals surface area contributed by atoms with Crippen LogP contribution in [0.25, 0.3) is 6.08 Å². The molecule has 0 bridgehead atoms. The van der Waals surface area contributed by atoms with Crippen molar-refractivity contribution in [1.82, 2.24) is 4.90 Å². The Morgan fingerprint density at radius 2 is 1.79 bits per heavy atom. The van der Waals surface area contributed by atoms with Crippen molar-refractivity contribution >= 4 is 29.5 Å². The quantitative estimate of drug-likeness (QED) is 0.804. The first-order chi connectivity index (χ1) is 13.5. The third-order valence-corrected chi connectivity index (χ3v) is 4.53. The maximum Gasteiger partial charge on any atom is 0.338 e. The molecule has 0 saturated carbocycles. The molecule has 0 aliphatic carbocycles. The largest absolute Gasteiger partial charge is 0.462 e. The van der Waals surface area contributed by atoms with Gasteiger partial charge in [0, 0.05) is 18.8 Å². The Morgan fingerprint density at radius 3 is 2.46 bits per heavy atom. The van der Waals surface area contributed by atoms with E-state index in [9.17, 15) is 14.4 Å². The van der Waals surface area contributed by atoms with Crippen molar-refractivity contribution in [2.75, 3.05) is 11.9 Å². The van der Waals surface area contributed by atoms with Crippen LogP contribution >= 0.6 is 0 Å². The second-order valence-electron chi connectivity index (χ2n) is 6.44. The first-order valence-corrected chi connectivity index (χ1v) is 9.12. The van der Waals surface area contributed by atoms with Gasteiger partial charge in [0.25, 0.3) is 0 Å². The fourth-order valence-electron chi connectivity index (χ4n) is 3.20. The number of hydrogen-bond donors (Lipinski definition) is 1. The van der Waals surface area contributed by atoms with Gasteiger partial charge in [-0.3, -0.25) is 9.59 Å². The monoisotopic (exact) mass is 378 g/mol. The Labute approximate surface area is 163 Å². The zero-order valence-electron chi connectivity index (χ0n) is 15.8. The minimum atomic E-state index is -0.400. The minimum Gasteiger partial charge on any atom is -0.462 e. The summed E-state index contributed by atoms with van der Waals surface area (Å²) in [7, 11) is 0. The Hall–Kier alpha value is -3.41. The molecule has 1 atom stereocenters. The van der Waals surface area contributed by atoms with E-state index in [-0.39, 0.29) is 24.3 Å². The van der Waals surface area contributed by atoms with E-state index in [4.69, 9.17) is 4.74 Å². The number of benzene rings is 2. The number of carbonyl (C=O) groups is 3. The predicted molar refractivity (Wildman–Crippen MR) is 106 cm³/mol. The van der Waals surface area contributed by atoms with Gasteiger partial charge in [-0.1, -0.05) is 24.3 Å². The Morgan fingerprint density at radius 1 is 1.07 bits per heavy atom. The lowest BCUT2D eigenvalue weighted by Crippen LogP contribution is -2.33. The van der Waals surface area contributed by atoms with E-state index in [0.29, 0.717) is 17.9 Å². The summed E-state index contributed by atoms with van der Waals surface area (Å²) in [6, 6.07) is 13.9. The number of rotatable bonds is 5. The van der Waals surface area contributed by atoms with Crippen LogP contribution in [0.2, 0.25) is 0 Å². The van der Waals surface area contributed by atoms with Crippen LogP contribution < -0.4 is 5.32 Å². The molecule has 1 aliphatic rings. The number of amides is 2. The van der Waals surface area contributed by atoms with E-state index in [1.54, 1.807) is 42.3 Å². The third-order valence-electron chi connectivity index (χ3n) is 4.53. The molecule has 1 heterocycles. The number of nitrogens with one attached hydrogen (secondary N) is 1. The molecule has 6 nitrogen and oxygen atoms in total. The number of ether oxygens (including phenoxy) is 1. The molecule has 144 valence electrons. The highest BCUT2D eigenvalue weighted by molar-refractivity contribution is 5.94. The van der Waals surface area contributed by atoms with E-state index >= 15 is 0 Å². The van der Waals surface area contributed by atoms with Gasteiger partial charge in [0.1, 0.15) is 0 Å². The van der Waals surface area contributed by atoms with E-state index < -0.39 is 5.97 Å². The standard InChI is InChI=1S/C22H22N2O4/c1-3-28-22(27)17-8-10-18(11-9-17)23-21(26)14-20-19-7-5-4-6-16(19)12-13-24(20)15(2)25/h4-13,20H,3,14H2,1-2H3,(H,23,26)/t20-/m0/s1. The van der Waals surface area contributed by atoms with Gasteiger partial charge in [0.15, 0.2) is 0 Å². The van der Waals surface area contributed by atoms with Crippen molar-refractivity contribution < 1.29 is 19.1 Å². The number of hydrogen-bond acceptors (Lipinski definition) is 4. The molecule has 0 unspecified atom stereocenters. The number of fused-ring (bicyclic) bond motifs is 1. The highest BCUT2D eigenvalue weighted by Gasteiger charge is 2.28. The van der Waals surface area contributed by atoms with Gasteiger partial charge >= 0.3 is 5.97 Å². The van der Waals surface area contributed by atoms with E-state index in [2.05, 4.69) is 5.32 Å². The van der Waals surface area contributed by atoms with Crippen LogP contribution in [0, 0.1) is 0 Å². The van der Waals surface area contributed by atoms with Crippen LogP contribution in [0.1, 0.15) is 47.8 Å². The summed E-state index contributed by atoms with van der Waals surface area (Å²) < 4.78 is 4.95. The van der Waals surface area contributed by atoms with Crippen molar-refractivity contribution in [3.8, 4) is 0 Å². The Kier molecular flexibility index (Phi) is 5.89. The average molecular weight is 378 g/mol. The highest BCUT2D eigenvalue weighted by atomic mass is 16.5. The molecular formula is C22H22N2O4. The molecule has 3 rings (SSSR count). The van der Waals surface area contributed by atoms with Crippen molar-refractivity contribution in [3.05, 3.63) is 71.4 Å². The van der Waals surface area contributed by atoms with Crippen LogP contribution in [0.4, 0.5) is 5.69 Å². The van der Waals surface area contributed by atoms with Gasteiger partial charge in [-0.2, -0.15) is 0 Å². The zero-order chi connectivity index (χ0) is 20.1. The summed E-state index contributed by atoms with van der Waals surface area (Å²) in [4.78, 5) is 37.9. The summed E-state index contributed by atoms with van der Waals surface area (Å²) in [5.41, 5.74) is 2.94. The topological polar surface area (TPSA) is 75.7 Å². The first kappa shape index (κ1) is 19.4. The fourth-order valence-corrected chi connectivity index (χ4v) is 3.20. The second kappa shape index (κ2) is 8.52. The SMILES string of the molecule is CCOC(=O)c1ccc(NC(=O)C[C@H]2c3ccccc3C=CN2C(C)=O)cc1. The van der Waals surface area contributed by atoms with E-state index in [0.717, 1.165) is 11.1 Å². The fraction of sp³-hybridized carbons (Fsp3) is 0.227. The lowest BCUT2D eigenvalue weighted by Gasteiger charge is -2.32. The molecule has 6 heteroatoms. The molecular weight excluding hydrogens is 356 g/mol. The number of anilines is 1. The number of carbonyl (C=O) groups excluding carboxylic acids is 3. The molecule has 2 aromatic rings. The summed E-state index contributed by atoms with van der Waals surface area (Å²) in [5.74, 6) is -0.740. The number of nitrogens with zero attached hydrogens (tertiary/aromatic N) is 1. The lowest BCUT2D eigenvalue weighted by atomic mass is 9.93. The summed E-state index contributed by atoms with van der Waals surface area (Å²) in [6.45, 7) is 3.54. The molecule has 1 aliphatic heterocycles. The van der Waals surface area contributed by atoms with Gasteiger partial charge in [-0.05, 0) is 48.4 Å². The van der Waals surface area contributed by atoms with Crippen molar-refractivity contribution in [2.45, 2.75) is 26.3 Å². The van der Waals surface area contributed by atoms with Crippen LogP contribution in [0.15, 0.2) is 54.7 Å². The highest BCUT2D eigenvalue weighted by Crippen LogP contribution is 2.33. The van der Waals surface area contributed by atoms with Gasteiger partial charge in [-0.25, -0.2) is 4.79 Å². The molecule has 0 spiro atoms. The van der Waals surface area contributed by atoms with Crippen LogP contribution in [-0.4, -0.2) is 29.3 Å². The second-order valence-corrected chi connectivity index (χ2v) is 6.44. The minimum absolute atomic E-state index is 0.123. The Balaban J connectivity index is 1.72. The lowest BCUT2D eigenvalue weighted by molar-refractivity contribution is -0.129. The van der Waals surface area contributed by atoms with Crippen LogP contribution in [0.3, 0.4) is 0 Å². The molecule has 0 fully saturated rings. The summed E-state index contributed by atoms with van der Waals surface area (Å²) >= 11 is 0. The molecule has 0 aromatic heterocycles. The Bertz CT molecular complexity index is 918. The van der Waals surface area contributed by atoms with Crippen molar-refractivity contribution in [3.63, 3.8) is 0 Å². The average Bonchev–Trinajstić information content (AvgIpc) is 2.68. The molecule has 0 radical (unpaired) electrons. The van der Waals surface area contributed by atoms with Crippen LogP contribution in [0.5, 0.6) is 0 Å². The zero-order valence-corrected chi connectivity index (χ0v) is 15.8. The molecule has 28 heavy (non-hydrogen) atoms. The molecule has 1 N–H and O–H groups in total. The maximum atomic E-state index is 12.6. The van der Waals surface area contributed by atoms with E-state index in [1.807, 2.05) is 30.3 Å². The molecule has 2 aromatic carbocycles. The van der Waals surface area contributed by atoms with Gasteiger partial charge < -0.3 is 15.0 Å². The third kappa shape index (κ3) is 4.28. The smallest absolute Gasteiger partial charge is 0.338 e. The predicted octanol–water partition coefficient (Wildman–Crippen LogP) is 3.77. The van der Waals surface area contributed by atoms with E-state index in [1.165, 1.54) is 6.92 Å². The number of esters is 1. The van der Waals surface area contributed by atoms with Gasteiger partial charge in [0.2, 0.25) is 11.8 Å². The van der Waals surface area contributed by atoms with Gasteiger partial charge in [0.05, 0.1) is 24.6 Å².